The molecule has 1 aliphatic carbocycles. The van der Waals surface area contributed by atoms with Gasteiger partial charge in [-0.25, -0.2) is 0 Å². The third-order valence-electron chi connectivity index (χ3n) is 2.76. The molecule has 4 heteroatoms. The van der Waals surface area contributed by atoms with Crippen molar-refractivity contribution >= 4 is 34.5 Å². The lowest BCUT2D eigenvalue weighted by Crippen LogP contribution is -2.33. The van der Waals surface area contributed by atoms with E-state index in [9.17, 15) is 4.79 Å². The highest BCUT2D eigenvalue weighted by Crippen LogP contribution is 2.30. The lowest BCUT2D eigenvalue weighted by Gasteiger charge is -2.21. The summed E-state index contributed by atoms with van der Waals surface area (Å²) in [4.78, 5) is 14.9. The summed E-state index contributed by atoms with van der Waals surface area (Å²) in [7, 11) is 0. The molecule has 0 aliphatic heterocycles. The van der Waals surface area contributed by atoms with Crippen LogP contribution in [-0.2, 0) is 0 Å². The molecule has 0 spiro atoms. The Morgan fingerprint density at radius 3 is 2.82 bits per heavy atom. The van der Waals surface area contributed by atoms with Crippen LogP contribution in [0.5, 0.6) is 0 Å². The lowest BCUT2D eigenvalue weighted by atomic mass is 10.2. The minimum atomic E-state index is 0.0462. The van der Waals surface area contributed by atoms with Crippen LogP contribution in [0.3, 0.4) is 0 Å². The summed E-state index contributed by atoms with van der Waals surface area (Å²) in [6, 6.07) is 5.91. The van der Waals surface area contributed by atoms with Gasteiger partial charge in [-0.2, -0.15) is 0 Å². The molecule has 0 radical (unpaired) electrons. The predicted molar refractivity (Wildman–Crippen MR) is 75.6 cm³/mol. The molecule has 1 aromatic carbocycles. The second-order valence-corrected chi connectivity index (χ2v) is 5.54. The van der Waals surface area contributed by atoms with Crippen molar-refractivity contribution in [1.29, 1.82) is 0 Å². The fraction of sp³-hybridized carbons (Fsp3) is 0.308. The molecule has 0 bridgehead atoms. The number of thiol groups is 1. The number of carbonyl (C=O) groups excluding carboxylic acids is 1. The van der Waals surface area contributed by atoms with Crippen molar-refractivity contribution in [2.45, 2.75) is 23.8 Å². The lowest BCUT2D eigenvalue weighted by molar-refractivity contribution is 0.0759. The smallest absolute Gasteiger partial charge is 0.255 e. The van der Waals surface area contributed by atoms with E-state index in [1.165, 1.54) is 0 Å². The van der Waals surface area contributed by atoms with Crippen molar-refractivity contribution in [2.75, 3.05) is 6.54 Å². The largest absolute Gasteiger partial charge is 0.332 e. The maximum atomic E-state index is 12.4. The van der Waals surface area contributed by atoms with Gasteiger partial charge in [0.05, 0.1) is 5.56 Å². The Morgan fingerprint density at radius 1 is 1.59 bits per heavy atom. The Hall–Kier alpha value is -0.740. The van der Waals surface area contributed by atoms with Gasteiger partial charge in [0.15, 0.2) is 0 Å². The zero-order valence-electron chi connectivity index (χ0n) is 9.40. The van der Waals surface area contributed by atoms with E-state index >= 15 is 0 Å². The van der Waals surface area contributed by atoms with Gasteiger partial charge in [-0.3, -0.25) is 4.79 Å². The Morgan fingerprint density at radius 2 is 2.29 bits per heavy atom. The number of nitrogens with zero attached hydrogens (tertiary/aromatic N) is 1. The van der Waals surface area contributed by atoms with E-state index < -0.39 is 0 Å². The van der Waals surface area contributed by atoms with Gasteiger partial charge in [0.2, 0.25) is 0 Å². The molecule has 90 valence electrons. The summed E-state index contributed by atoms with van der Waals surface area (Å²) in [5, 5.41) is 0. The van der Waals surface area contributed by atoms with Gasteiger partial charge < -0.3 is 4.90 Å². The molecule has 0 aromatic heterocycles. The van der Waals surface area contributed by atoms with E-state index in [2.05, 4.69) is 35.1 Å². The first kappa shape index (κ1) is 12.7. The van der Waals surface area contributed by atoms with Crippen LogP contribution in [0.4, 0.5) is 0 Å². The van der Waals surface area contributed by atoms with E-state index in [4.69, 9.17) is 0 Å². The van der Waals surface area contributed by atoms with Crippen LogP contribution in [-0.4, -0.2) is 23.4 Å². The normalized spacial score (nSPS) is 14.5. The van der Waals surface area contributed by atoms with Crippen molar-refractivity contribution in [3.8, 4) is 0 Å². The van der Waals surface area contributed by atoms with Gasteiger partial charge in [0.25, 0.3) is 5.91 Å². The summed E-state index contributed by atoms with van der Waals surface area (Å²) in [6.45, 7) is 4.31. The van der Waals surface area contributed by atoms with Crippen LogP contribution in [0, 0.1) is 0 Å². The van der Waals surface area contributed by atoms with Crippen LogP contribution in [0.15, 0.2) is 40.2 Å². The molecule has 1 saturated carbocycles. The first-order valence-electron chi connectivity index (χ1n) is 5.54. The SMILES string of the molecule is C=CCN(C(=O)c1ccc(Br)cc1S)C1CC1. The quantitative estimate of drug-likeness (QED) is 0.666. The molecular weight excluding hydrogens is 298 g/mol. The molecule has 0 heterocycles. The Labute approximate surface area is 115 Å². The van der Waals surface area contributed by atoms with Gasteiger partial charge in [0, 0.05) is 22.0 Å². The molecule has 1 aromatic rings. The van der Waals surface area contributed by atoms with Crippen LogP contribution in [0.25, 0.3) is 0 Å². The number of amides is 1. The Kier molecular flexibility index (Phi) is 3.94. The molecule has 1 aliphatic rings. The summed E-state index contributed by atoms with van der Waals surface area (Å²) < 4.78 is 0.931. The van der Waals surface area contributed by atoms with Gasteiger partial charge in [-0.05, 0) is 31.0 Å². The second kappa shape index (κ2) is 5.27. The molecule has 17 heavy (non-hydrogen) atoms. The van der Waals surface area contributed by atoms with Gasteiger partial charge >= 0.3 is 0 Å². The monoisotopic (exact) mass is 311 g/mol. The maximum Gasteiger partial charge on any atom is 0.255 e. The number of hydrogen-bond donors (Lipinski definition) is 1. The highest BCUT2D eigenvalue weighted by Gasteiger charge is 2.32. The molecular formula is C13H14BrNOS. The van der Waals surface area contributed by atoms with Crippen LogP contribution in [0.1, 0.15) is 23.2 Å². The fourth-order valence-corrected chi connectivity index (χ4v) is 2.61. The number of hydrogen-bond acceptors (Lipinski definition) is 2. The van der Waals surface area contributed by atoms with E-state index in [0.717, 1.165) is 17.3 Å². The van der Waals surface area contributed by atoms with E-state index in [1.54, 1.807) is 6.08 Å². The maximum absolute atomic E-state index is 12.4. The van der Waals surface area contributed by atoms with Crippen molar-refractivity contribution in [3.63, 3.8) is 0 Å². The third kappa shape index (κ3) is 2.93. The highest BCUT2D eigenvalue weighted by atomic mass is 79.9. The van der Waals surface area contributed by atoms with Gasteiger partial charge in [0.1, 0.15) is 0 Å². The van der Waals surface area contributed by atoms with Crippen LogP contribution < -0.4 is 0 Å². The van der Waals surface area contributed by atoms with E-state index in [1.807, 2.05) is 23.1 Å². The fourth-order valence-electron chi connectivity index (χ4n) is 1.76. The first-order valence-corrected chi connectivity index (χ1v) is 6.78. The molecule has 2 rings (SSSR count). The van der Waals surface area contributed by atoms with Crippen LogP contribution in [0.2, 0.25) is 0 Å². The van der Waals surface area contributed by atoms with E-state index in [-0.39, 0.29) is 5.91 Å². The Bertz CT molecular complexity index is 457. The van der Waals surface area contributed by atoms with Gasteiger partial charge in [-0.15, -0.1) is 19.2 Å². The van der Waals surface area contributed by atoms with Crippen LogP contribution >= 0.6 is 28.6 Å². The first-order chi connectivity index (χ1) is 8.13. The van der Waals surface area contributed by atoms with Crippen molar-refractivity contribution < 1.29 is 4.79 Å². The number of rotatable bonds is 4. The molecule has 1 amide bonds. The van der Waals surface area contributed by atoms with Crippen molar-refractivity contribution in [2.24, 2.45) is 0 Å². The Balaban J connectivity index is 2.24. The number of carbonyl (C=O) groups is 1. The molecule has 0 unspecified atom stereocenters. The minimum absolute atomic E-state index is 0.0462. The van der Waals surface area contributed by atoms with Crippen molar-refractivity contribution in [3.05, 3.63) is 40.9 Å². The third-order valence-corrected chi connectivity index (χ3v) is 3.63. The predicted octanol–water partition coefficient (Wildman–Crippen LogP) is 3.53. The number of halogens is 1. The highest BCUT2D eigenvalue weighted by molar-refractivity contribution is 9.10. The zero-order chi connectivity index (χ0) is 12.4. The molecule has 2 nitrogen and oxygen atoms in total. The summed E-state index contributed by atoms with van der Waals surface area (Å²) in [5.41, 5.74) is 0.658. The summed E-state index contributed by atoms with van der Waals surface area (Å²) in [6.07, 6.45) is 3.96. The average molecular weight is 312 g/mol. The standard InChI is InChI=1S/C13H14BrNOS/c1-2-7-15(10-4-5-10)13(16)11-6-3-9(14)8-12(11)17/h2-3,6,8,10,17H,1,4-5,7H2. The summed E-state index contributed by atoms with van der Waals surface area (Å²) >= 11 is 7.72. The molecule has 0 saturated heterocycles. The van der Waals surface area contributed by atoms with E-state index in [0.29, 0.717) is 23.0 Å². The zero-order valence-corrected chi connectivity index (χ0v) is 11.9. The molecule has 0 atom stereocenters. The molecule has 0 N–H and O–H groups in total. The molecule has 1 fully saturated rings. The minimum Gasteiger partial charge on any atom is -0.332 e. The number of benzene rings is 1. The van der Waals surface area contributed by atoms with Gasteiger partial charge in [-0.1, -0.05) is 22.0 Å². The topological polar surface area (TPSA) is 20.3 Å². The average Bonchev–Trinajstić information content (AvgIpc) is 3.09. The summed E-state index contributed by atoms with van der Waals surface area (Å²) in [5.74, 6) is 0.0462. The van der Waals surface area contributed by atoms with Crippen molar-refractivity contribution in [1.82, 2.24) is 4.90 Å². The second-order valence-electron chi connectivity index (χ2n) is 4.14.